The van der Waals surface area contributed by atoms with Crippen molar-refractivity contribution in [1.29, 1.82) is 0 Å². The molecule has 0 atom stereocenters. The summed E-state index contributed by atoms with van der Waals surface area (Å²) < 4.78 is 0. The van der Waals surface area contributed by atoms with Crippen LogP contribution in [0.2, 0.25) is 0 Å². The van der Waals surface area contributed by atoms with Gasteiger partial charge in [0.2, 0.25) is 0 Å². The number of H-pyrrole nitrogens is 1. The third-order valence-corrected chi connectivity index (χ3v) is 2.79. The van der Waals surface area contributed by atoms with Gasteiger partial charge in [0.05, 0.1) is 5.69 Å². The molecule has 0 radical (unpaired) electrons. The molecule has 0 amide bonds. The number of aryl methyl sites for hydroxylation is 1. The molecular formula is C12H16N4. The zero-order valence-corrected chi connectivity index (χ0v) is 9.27. The summed E-state index contributed by atoms with van der Waals surface area (Å²) in [6.45, 7) is 2.11. The van der Waals surface area contributed by atoms with Crippen molar-refractivity contribution in [2.45, 2.75) is 19.0 Å². The lowest BCUT2D eigenvalue weighted by molar-refractivity contribution is 0.546. The first-order chi connectivity index (χ1) is 7.64. The van der Waals surface area contributed by atoms with Gasteiger partial charge in [-0.25, -0.2) is 0 Å². The Kier molecular flexibility index (Phi) is 2.77. The van der Waals surface area contributed by atoms with E-state index in [9.17, 15) is 0 Å². The zero-order chi connectivity index (χ0) is 11.6. The van der Waals surface area contributed by atoms with Crippen molar-refractivity contribution < 1.29 is 0 Å². The second kappa shape index (κ2) is 4.08. The number of aromatic nitrogens is 2. The summed E-state index contributed by atoms with van der Waals surface area (Å²) in [6, 6.07) is 9.79. The minimum atomic E-state index is -1.01. The molecule has 0 fully saturated rings. The normalized spacial score (nSPS) is 11.7. The van der Waals surface area contributed by atoms with Gasteiger partial charge in [0.1, 0.15) is 5.66 Å². The third kappa shape index (κ3) is 1.85. The summed E-state index contributed by atoms with van der Waals surface area (Å²) in [6.07, 6.45) is 2.65. The Labute approximate surface area is 94.7 Å². The van der Waals surface area contributed by atoms with Crippen LogP contribution in [0.1, 0.15) is 23.7 Å². The SMILES string of the molecule is CCc1ccc(C(N)(N)c2ccn[nH]2)cc1. The third-order valence-electron chi connectivity index (χ3n) is 2.79. The quantitative estimate of drug-likeness (QED) is 0.672. The maximum Gasteiger partial charge on any atom is 0.133 e. The van der Waals surface area contributed by atoms with Crippen LogP contribution >= 0.6 is 0 Å². The Hall–Kier alpha value is -1.65. The summed E-state index contributed by atoms with van der Waals surface area (Å²) >= 11 is 0. The van der Waals surface area contributed by atoms with Crippen molar-refractivity contribution in [2.24, 2.45) is 11.5 Å². The second-order valence-corrected chi connectivity index (χ2v) is 3.89. The van der Waals surface area contributed by atoms with Gasteiger partial charge in [0, 0.05) is 6.20 Å². The summed E-state index contributed by atoms with van der Waals surface area (Å²) in [5, 5.41) is 6.67. The van der Waals surface area contributed by atoms with Crippen molar-refractivity contribution in [3.63, 3.8) is 0 Å². The van der Waals surface area contributed by atoms with E-state index in [-0.39, 0.29) is 0 Å². The Morgan fingerprint density at radius 2 is 1.88 bits per heavy atom. The van der Waals surface area contributed by atoms with Crippen molar-refractivity contribution >= 4 is 0 Å². The van der Waals surface area contributed by atoms with Gasteiger partial charge in [-0.1, -0.05) is 31.2 Å². The van der Waals surface area contributed by atoms with Crippen LogP contribution < -0.4 is 11.5 Å². The molecule has 2 rings (SSSR count). The molecule has 0 unspecified atom stereocenters. The van der Waals surface area contributed by atoms with Crippen LogP contribution in [-0.4, -0.2) is 10.2 Å². The fraction of sp³-hybridized carbons (Fsp3) is 0.250. The van der Waals surface area contributed by atoms with Gasteiger partial charge in [0.25, 0.3) is 0 Å². The number of nitrogens with two attached hydrogens (primary N) is 2. The fourth-order valence-corrected chi connectivity index (χ4v) is 1.66. The van der Waals surface area contributed by atoms with Crippen LogP contribution in [0.5, 0.6) is 0 Å². The number of rotatable bonds is 3. The van der Waals surface area contributed by atoms with Crippen molar-refractivity contribution in [1.82, 2.24) is 10.2 Å². The standard InChI is InChI=1S/C12H16N4/c1-2-9-3-5-10(6-4-9)12(13,14)11-7-8-15-16-11/h3-8H,2,13-14H2,1H3,(H,15,16). The maximum atomic E-state index is 6.10. The van der Waals surface area contributed by atoms with Crippen molar-refractivity contribution in [2.75, 3.05) is 0 Å². The zero-order valence-electron chi connectivity index (χ0n) is 9.27. The molecule has 0 spiro atoms. The molecular weight excluding hydrogens is 200 g/mol. The van der Waals surface area contributed by atoms with Crippen LogP contribution in [0, 0.1) is 0 Å². The molecule has 0 aliphatic heterocycles. The van der Waals surface area contributed by atoms with E-state index >= 15 is 0 Å². The predicted octanol–water partition coefficient (Wildman–Crippen LogP) is 1.09. The highest BCUT2D eigenvalue weighted by molar-refractivity contribution is 5.34. The first-order valence-corrected chi connectivity index (χ1v) is 5.31. The number of benzene rings is 1. The fourth-order valence-electron chi connectivity index (χ4n) is 1.66. The number of hydrogen-bond acceptors (Lipinski definition) is 3. The molecule has 0 bridgehead atoms. The van der Waals surface area contributed by atoms with E-state index in [1.165, 1.54) is 5.56 Å². The van der Waals surface area contributed by atoms with E-state index in [0.717, 1.165) is 12.0 Å². The number of aromatic amines is 1. The van der Waals surface area contributed by atoms with E-state index in [2.05, 4.69) is 17.1 Å². The first kappa shape index (κ1) is 10.9. The lowest BCUT2D eigenvalue weighted by Crippen LogP contribution is -2.47. The van der Waals surface area contributed by atoms with Crippen LogP contribution in [0.15, 0.2) is 36.5 Å². The highest BCUT2D eigenvalue weighted by Gasteiger charge is 2.25. The van der Waals surface area contributed by atoms with Crippen LogP contribution in [0.3, 0.4) is 0 Å². The molecule has 84 valence electrons. The van der Waals surface area contributed by atoms with Gasteiger partial charge in [0.15, 0.2) is 0 Å². The average Bonchev–Trinajstić information content (AvgIpc) is 2.83. The van der Waals surface area contributed by atoms with Crippen molar-refractivity contribution in [3.8, 4) is 0 Å². The van der Waals surface area contributed by atoms with Crippen molar-refractivity contribution in [3.05, 3.63) is 53.3 Å². The second-order valence-electron chi connectivity index (χ2n) is 3.89. The summed E-state index contributed by atoms with van der Waals surface area (Å²) in [5.74, 6) is 0. The van der Waals surface area contributed by atoms with Crippen LogP contribution in [0.25, 0.3) is 0 Å². The summed E-state index contributed by atoms with van der Waals surface area (Å²) in [5.41, 5.74) is 14.0. The summed E-state index contributed by atoms with van der Waals surface area (Å²) in [7, 11) is 0. The molecule has 1 aromatic carbocycles. The molecule has 16 heavy (non-hydrogen) atoms. The molecule has 0 aliphatic rings. The van der Waals surface area contributed by atoms with Gasteiger partial charge in [-0.15, -0.1) is 0 Å². The molecule has 4 nitrogen and oxygen atoms in total. The number of nitrogens with zero attached hydrogens (tertiary/aromatic N) is 1. The topological polar surface area (TPSA) is 80.7 Å². The maximum absolute atomic E-state index is 6.10. The average molecular weight is 216 g/mol. The van der Waals surface area contributed by atoms with E-state index in [0.29, 0.717) is 5.69 Å². The Morgan fingerprint density at radius 3 is 2.38 bits per heavy atom. The summed E-state index contributed by atoms with van der Waals surface area (Å²) in [4.78, 5) is 0. The predicted molar refractivity (Wildman–Crippen MR) is 63.6 cm³/mol. The first-order valence-electron chi connectivity index (χ1n) is 5.31. The van der Waals surface area contributed by atoms with Gasteiger partial charge < -0.3 is 11.5 Å². The van der Waals surface area contributed by atoms with E-state index in [1.807, 2.05) is 24.3 Å². The van der Waals surface area contributed by atoms with Gasteiger partial charge in [-0.2, -0.15) is 5.10 Å². The smallest absolute Gasteiger partial charge is 0.133 e. The number of nitrogens with one attached hydrogen (secondary N) is 1. The highest BCUT2D eigenvalue weighted by atomic mass is 15.1. The number of hydrogen-bond donors (Lipinski definition) is 3. The molecule has 1 heterocycles. The molecule has 0 saturated carbocycles. The Balaban J connectivity index is 2.35. The molecule has 0 saturated heterocycles. The largest absolute Gasteiger partial charge is 0.305 e. The molecule has 5 N–H and O–H groups in total. The van der Waals surface area contributed by atoms with E-state index < -0.39 is 5.66 Å². The highest BCUT2D eigenvalue weighted by Crippen LogP contribution is 2.20. The Morgan fingerprint density at radius 1 is 1.19 bits per heavy atom. The lowest BCUT2D eigenvalue weighted by atomic mass is 9.96. The lowest BCUT2D eigenvalue weighted by Gasteiger charge is -2.23. The Bertz CT molecular complexity index is 442. The minimum absolute atomic E-state index is 0.705. The monoisotopic (exact) mass is 216 g/mol. The molecule has 0 aliphatic carbocycles. The van der Waals surface area contributed by atoms with Crippen LogP contribution in [-0.2, 0) is 12.1 Å². The van der Waals surface area contributed by atoms with Gasteiger partial charge >= 0.3 is 0 Å². The molecule has 4 heteroatoms. The van der Waals surface area contributed by atoms with E-state index in [1.54, 1.807) is 12.3 Å². The van der Waals surface area contributed by atoms with Gasteiger partial charge in [-0.3, -0.25) is 5.10 Å². The molecule has 2 aromatic rings. The minimum Gasteiger partial charge on any atom is -0.305 e. The van der Waals surface area contributed by atoms with Gasteiger partial charge in [-0.05, 0) is 23.6 Å². The molecule has 1 aromatic heterocycles. The van der Waals surface area contributed by atoms with Crippen LogP contribution in [0.4, 0.5) is 0 Å². The van der Waals surface area contributed by atoms with E-state index in [4.69, 9.17) is 11.5 Å².